The molecule has 2 N–H and O–H groups in total. The van der Waals surface area contributed by atoms with E-state index in [0.29, 0.717) is 6.54 Å². The molecule has 4 heteroatoms. The number of nitrogens with zero attached hydrogens (tertiary/aromatic N) is 1. The van der Waals surface area contributed by atoms with Gasteiger partial charge in [0.05, 0.1) is 5.60 Å². The Kier molecular flexibility index (Phi) is 4.62. The summed E-state index contributed by atoms with van der Waals surface area (Å²) in [6.45, 7) is 3.33. The summed E-state index contributed by atoms with van der Waals surface area (Å²) in [5.41, 5.74) is 0.640. The minimum absolute atomic E-state index is 0.543. The van der Waals surface area contributed by atoms with Crippen LogP contribution in [0.2, 0.25) is 5.02 Å². The molecule has 18 heavy (non-hydrogen) atoms. The summed E-state index contributed by atoms with van der Waals surface area (Å²) in [7, 11) is 2.04. The fraction of sp³-hybridized carbons (Fsp3) is 0.571. The molecule has 0 amide bonds. The predicted molar refractivity (Wildman–Crippen MR) is 74.8 cm³/mol. The van der Waals surface area contributed by atoms with Gasteiger partial charge in [-0.2, -0.15) is 0 Å². The highest BCUT2D eigenvalue weighted by Gasteiger charge is 2.30. The fourth-order valence-corrected chi connectivity index (χ4v) is 2.77. The lowest BCUT2D eigenvalue weighted by molar-refractivity contribution is -0.0168. The molecule has 1 aromatic carbocycles. The maximum absolute atomic E-state index is 10.5. The zero-order valence-corrected chi connectivity index (χ0v) is 11.6. The number of aliphatic hydroxyl groups is 1. The number of piperidine rings is 1. The molecule has 0 saturated carbocycles. The number of halogens is 1. The normalized spacial score (nSPS) is 19.1. The molecule has 0 atom stereocenters. The number of rotatable bonds is 4. The van der Waals surface area contributed by atoms with Gasteiger partial charge in [-0.3, -0.25) is 4.90 Å². The molecule has 2 rings (SSSR count). The Bertz CT molecular complexity index is 391. The third kappa shape index (κ3) is 3.95. The minimum atomic E-state index is -0.543. The minimum Gasteiger partial charge on any atom is -0.388 e. The van der Waals surface area contributed by atoms with Crippen molar-refractivity contribution in [2.24, 2.45) is 0 Å². The van der Waals surface area contributed by atoms with Crippen LogP contribution >= 0.6 is 11.6 Å². The van der Waals surface area contributed by atoms with E-state index in [1.54, 1.807) is 0 Å². The highest BCUT2D eigenvalue weighted by Crippen LogP contribution is 2.20. The van der Waals surface area contributed by atoms with Crippen LogP contribution in [0, 0.1) is 0 Å². The number of benzene rings is 1. The van der Waals surface area contributed by atoms with Crippen molar-refractivity contribution in [2.75, 3.05) is 26.7 Å². The zero-order valence-electron chi connectivity index (χ0n) is 10.8. The van der Waals surface area contributed by atoms with E-state index >= 15 is 0 Å². The van der Waals surface area contributed by atoms with Gasteiger partial charge in [0.1, 0.15) is 0 Å². The van der Waals surface area contributed by atoms with E-state index < -0.39 is 5.60 Å². The molecule has 1 aliphatic heterocycles. The van der Waals surface area contributed by atoms with Gasteiger partial charge in [0.15, 0.2) is 0 Å². The van der Waals surface area contributed by atoms with Gasteiger partial charge in [-0.05, 0) is 50.7 Å². The Morgan fingerprint density at radius 3 is 2.78 bits per heavy atom. The first kappa shape index (κ1) is 13.8. The largest absolute Gasteiger partial charge is 0.388 e. The van der Waals surface area contributed by atoms with E-state index in [9.17, 15) is 5.11 Å². The van der Waals surface area contributed by atoms with Crippen molar-refractivity contribution in [3.05, 3.63) is 34.9 Å². The molecular formula is C14H21ClN2O. The SMILES string of the molecule is CN(Cc1cccc(Cl)c1)CC1(O)CCNCC1. The zero-order chi connectivity index (χ0) is 13.0. The van der Waals surface area contributed by atoms with Crippen LogP contribution in [0.25, 0.3) is 0 Å². The maximum Gasteiger partial charge on any atom is 0.0798 e. The molecule has 1 aliphatic rings. The molecule has 0 spiro atoms. The third-order valence-electron chi connectivity index (χ3n) is 3.44. The van der Waals surface area contributed by atoms with Crippen molar-refractivity contribution in [3.8, 4) is 0 Å². The van der Waals surface area contributed by atoms with Crippen LogP contribution in [0.4, 0.5) is 0 Å². The molecule has 0 radical (unpaired) electrons. The maximum atomic E-state index is 10.5. The van der Waals surface area contributed by atoms with Gasteiger partial charge in [0, 0.05) is 18.1 Å². The molecule has 1 fully saturated rings. The van der Waals surface area contributed by atoms with E-state index in [-0.39, 0.29) is 0 Å². The van der Waals surface area contributed by atoms with Crippen LogP contribution in [0.3, 0.4) is 0 Å². The molecule has 1 saturated heterocycles. The van der Waals surface area contributed by atoms with Crippen LogP contribution in [0.5, 0.6) is 0 Å². The molecule has 0 unspecified atom stereocenters. The summed E-state index contributed by atoms with van der Waals surface area (Å²) < 4.78 is 0. The van der Waals surface area contributed by atoms with Crippen LogP contribution in [0.1, 0.15) is 18.4 Å². The van der Waals surface area contributed by atoms with Crippen molar-refractivity contribution < 1.29 is 5.11 Å². The predicted octanol–water partition coefficient (Wildman–Crippen LogP) is 1.89. The van der Waals surface area contributed by atoms with Crippen molar-refractivity contribution in [1.82, 2.24) is 10.2 Å². The Labute approximate surface area is 114 Å². The van der Waals surface area contributed by atoms with Crippen molar-refractivity contribution in [3.63, 3.8) is 0 Å². The quantitative estimate of drug-likeness (QED) is 0.875. The first-order chi connectivity index (χ1) is 8.57. The molecule has 0 bridgehead atoms. The third-order valence-corrected chi connectivity index (χ3v) is 3.68. The molecule has 3 nitrogen and oxygen atoms in total. The van der Waals surface area contributed by atoms with Crippen LogP contribution in [0.15, 0.2) is 24.3 Å². The van der Waals surface area contributed by atoms with Crippen LogP contribution in [-0.4, -0.2) is 42.3 Å². The van der Waals surface area contributed by atoms with Gasteiger partial charge >= 0.3 is 0 Å². The Balaban J connectivity index is 1.90. The lowest BCUT2D eigenvalue weighted by atomic mass is 9.92. The monoisotopic (exact) mass is 268 g/mol. The highest BCUT2D eigenvalue weighted by molar-refractivity contribution is 6.30. The summed E-state index contributed by atoms with van der Waals surface area (Å²) in [4.78, 5) is 2.16. The van der Waals surface area contributed by atoms with E-state index in [0.717, 1.165) is 37.5 Å². The van der Waals surface area contributed by atoms with Gasteiger partial charge in [-0.15, -0.1) is 0 Å². The number of hydrogen-bond donors (Lipinski definition) is 2. The van der Waals surface area contributed by atoms with Crippen molar-refractivity contribution in [1.29, 1.82) is 0 Å². The van der Waals surface area contributed by atoms with Crippen molar-refractivity contribution >= 4 is 11.6 Å². The molecule has 1 aromatic rings. The average molecular weight is 269 g/mol. The molecular weight excluding hydrogens is 248 g/mol. The van der Waals surface area contributed by atoms with Gasteiger partial charge in [-0.1, -0.05) is 23.7 Å². The Morgan fingerprint density at radius 2 is 2.11 bits per heavy atom. The van der Waals surface area contributed by atoms with Crippen LogP contribution in [-0.2, 0) is 6.54 Å². The first-order valence-corrected chi connectivity index (χ1v) is 6.81. The average Bonchev–Trinajstić information content (AvgIpc) is 2.28. The lowest BCUT2D eigenvalue weighted by Crippen LogP contribution is -2.48. The Morgan fingerprint density at radius 1 is 1.39 bits per heavy atom. The first-order valence-electron chi connectivity index (χ1n) is 6.43. The number of nitrogens with one attached hydrogen (secondary N) is 1. The second kappa shape index (κ2) is 6.02. The second-order valence-electron chi connectivity index (χ2n) is 5.28. The summed E-state index contributed by atoms with van der Waals surface area (Å²) in [6, 6.07) is 7.88. The molecule has 0 aliphatic carbocycles. The topological polar surface area (TPSA) is 35.5 Å². The molecule has 0 aromatic heterocycles. The summed E-state index contributed by atoms with van der Waals surface area (Å²) in [6.07, 6.45) is 1.65. The van der Waals surface area contributed by atoms with Crippen molar-refractivity contribution in [2.45, 2.75) is 25.0 Å². The summed E-state index contributed by atoms with van der Waals surface area (Å²) in [5, 5.41) is 14.5. The Hall–Kier alpha value is -0.610. The standard InChI is InChI=1S/C14H21ClN2O/c1-17(10-12-3-2-4-13(15)9-12)11-14(18)5-7-16-8-6-14/h2-4,9,16,18H,5-8,10-11H2,1H3. The van der Waals surface area contributed by atoms with Crippen LogP contribution < -0.4 is 5.32 Å². The highest BCUT2D eigenvalue weighted by atomic mass is 35.5. The summed E-state index contributed by atoms with van der Waals surface area (Å²) >= 11 is 5.97. The van der Waals surface area contributed by atoms with Gasteiger partial charge in [0.2, 0.25) is 0 Å². The van der Waals surface area contributed by atoms with E-state index in [1.807, 2.05) is 25.2 Å². The van der Waals surface area contributed by atoms with E-state index in [2.05, 4.69) is 16.3 Å². The van der Waals surface area contributed by atoms with E-state index in [1.165, 1.54) is 5.56 Å². The van der Waals surface area contributed by atoms with Gasteiger partial charge in [0.25, 0.3) is 0 Å². The van der Waals surface area contributed by atoms with Gasteiger partial charge in [-0.25, -0.2) is 0 Å². The summed E-state index contributed by atoms with van der Waals surface area (Å²) in [5.74, 6) is 0. The fourth-order valence-electron chi connectivity index (χ4n) is 2.56. The van der Waals surface area contributed by atoms with Gasteiger partial charge < -0.3 is 10.4 Å². The molecule has 100 valence electrons. The number of likely N-dealkylation sites (N-methyl/N-ethyl adjacent to an activating group) is 1. The molecule has 1 heterocycles. The smallest absolute Gasteiger partial charge is 0.0798 e. The number of hydrogen-bond acceptors (Lipinski definition) is 3. The second-order valence-corrected chi connectivity index (χ2v) is 5.71. The van der Waals surface area contributed by atoms with E-state index in [4.69, 9.17) is 11.6 Å². The lowest BCUT2D eigenvalue weighted by Gasteiger charge is -2.36.